The third-order valence-electron chi connectivity index (χ3n) is 6.59. The van der Waals surface area contributed by atoms with E-state index in [1.165, 1.54) is 50.6 Å². The van der Waals surface area contributed by atoms with Gasteiger partial charge in [0.1, 0.15) is 0 Å². The number of H-pyrrole nitrogens is 1. The predicted molar refractivity (Wildman–Crippen MR) is 107 cm³/mol. The number of rotatable bonds is 4. The number of nitrogens with one attached hydrogen (secondary N) is 3. The molecular weight excluding hydrogens is 338 g/mol. The Morgan fingerprint density at radius 1 is 1.26 bits per heavy atom. The quantitative estimate of drug-likeness (QED) is 0.665. The maximum atomic E-state index is 6.98. The zero-order valence-electron chi connectivity index (χ0n) is 15.9. The van der Waals surface area contributed by atoms with Gasteiger partial charge in [0.2, 0.25) is 5.96 Å². The summed E-state index contributed by atoms with van der Waals surface area (Å²) in [6.45, 7) is 2.26. The molecule has 2 aromatic rings. The maximum Gasteiger partial charge on any atom is 0.218 e. The van der Waals surface area contributed by atoms with E-state index in [0.29, 0.717) is 17.8 Å². The molecule has 7 nitrogen and oxygen atoms in total. The number of hydrogen-bond acceptors (Lipinski definition) is 5. The molecule has 0 aromatic carbocycles. The number of anilines is 1. The van der Waals surface area contributed by atoms with E-state index in [2.05, 4.69) is 40.0 Å². The number of nitrogens with two attached hydrogens (primary N) is 1. The van der Waals surface area contributed by atoms with Crippen molar-refractivity contribution >= 4 is 11.8 Å². The molecule has 27 heavy (non-hydrogen) atoms. The summed E-state index contributed by atoms with van der Waals surface area (Å²) in [5.74, 6) is 2.96. The molecule has 5 N–H and O–H groups in total. The van der Waals surface area contributed by atoms with Gasteiger partial charge in [-0.15, -0.1) is 0 Å². The van der Waals surface area contributed by atoms with E-state index in [9.17, 15) is 0 Å². The molecule has 3 aliphatic rings. The van der Waals surface area contributed by atoms with E-state index < -0.39 is 5.66 Å². The van der Waals surface area contributed by atoms with Crippen molar-refractivity contribution in [3.05, 3.63) is 35.8 Å². The summed E-state index contributed by atoms with van der Waals surface area (Å²) in [6.07, 6.45) is 10.9. The Morgan fingerprint density at radius 2 is 2.07 bits per heavy atom. The van der Waals surface area contributed by atoms with Gasteiger partial charge < -0.3 is 11.1 Å². The average Bonchev–Trinajstić information content (AvgIpc) is 3.23. The fraction of sp³-hybridized carbons (Fsp3) is 0.600. The Balaban J connectivity index is 1.43. The minimum absolute atomic E-state index is 0.270. The molecule has 3 heterocycles. The molecule has 144 valence electrons. The second kappa shape index (κ2) is 6.41. The third kappa shape index (κ3) is 3.04. The maximum absolute atomic E-state index is 6.98. The number of nitrogens with zero attached hydrogens (tertiary/aromatic N) is 3. The van der Waals surface area contributed by atoms with Gasteiger partial charge in [-0.05, 0) is 30.9 Å². The van der Waals surface area contributed by atoms with Crippen molar-refractivity contribution in [2.24, 2.45) is 22.6 Å². The molecule has 2 aromatic heterocycles. The number of aromatic amines is 1. The second-order valence-electron chi connectivity index (χ2n) is 8.46. The lowest BCUT2D eigenvalue weighted by Crippen LogP contribution is -2.52. The summed E-state index contributed by atoms with van der Waals surface area (Å²) in [5, 5.41) is 10.8. The van der Waals surface area contributed by atoms with Crippen LogP contribution in [0.4, 0.5) is 5.82 Å². The molecule has 0 spiro atoms. The summed E-state index contributed by atoms with van der Waals surface area (Å²) in [6, 6.07) is 6.18. The average molecular weight is 368 g/mol. The van der Waals surface area contributed by atoms with Crippen molar-refractivity contribution in [2.45, 2.75) is 63.5 Å². The normalized spacial score (nSPS) is 26.8. The monoisotopic (exact) mass is 367 g/mol. The van der Waals surface area contributed by atoms with E-state index in [0.717, 1.165) is 11.5 Å². The lowest BCUT2D eigenvalue weighted by molar-refractivity contribution is 0.161. The fourth-order valence-electron chi connectivity index (χ4n) is 4.70. The summed E-state index contributed by atoms with van der Waals surface area (Å²) in [4.78, 5) is 4.96. The van der Waals surface area contributed by atoms with Crippen molar-refractivity contribution in [1.29, 1.82) is 0 Å². The first kappa shape index (κ1) is 16.9. The van der Waals surface area contributed by atoms with Crippen LogP contribution in [0, 0.1) is 11.8 Å². The van der Waals surface area contributed by atoms with Gasteiger partial charge >= 0.3 is 0 Å². The van der Waals surface area contributed by atoms with E-state index >= 15 is 0 Å². The number of aliphatic imine (C=N–C) groups is 1. The third-order valence-corrected chi connectivity index (χ3v) is 6.59. The molecule has 5 rings (SSSR count). The van der Waals surface area contributed by atoms with Crippen molar-refractivity contribution in [3.8, 4) is 0 Å². The fourth-order valence-corrected chi connectivity index (χ4v) is 4.70. The number of fused-ring (bicyclic) bond motifs is 1. The van der Waals surface area contributed by atoms with Crippen LogP contribution in [0.15, 0.2) is 29.4 Å². The number of guanidine groups is 1. The number of aromatic nitrogens is 3. The standard InChI is InChI=1S/C20H29N7/c1-13(14-6-3-2-4-7-14)20(21)17-8-5-11-27(17)26-19(23-20)22-18-12-16(24-25-18)15-9-10-15/h5,8,11-15H,2-4,6-7,9-10,21H2,1H3,(H3,22,23,24,25,26)/t13-,20?/m0/s1. The van der Waals surface area contributed by atoms with Crippen molar-refractivity contribution in [2.75, 3.05) is 10.7 Å². The first-order valence-corrected chi connectivity index (χ1v) is 10.3. The molecule has 2 fully saturated rings. The predicted octanol–water partition coefficient (Wildman–Crippen LogP) is 3.44. The van der Waals surface area contributed by atoms with Crippen LogP contribution >= 0.6 is 0 Å². The van der Waals surface area contributed by atoms with E-state index in [-0.39, 0.29) is 5.92 Å². The van der Waals surface area contributed by atoms with Crippen molar-refractivity contribution < 1.29 is 0 Å². The minimum Gasteiger partial charge on any atom is -0.308 e. The Kier molecular flexibility index (Phi) is 4.00. The first-order chi connectivity index (χ1) is 13.1. The van der Waals surface area contributed by atoms with Crippen LogP contribution in [0.5, 0.6) is 0 Å². The molecule has 1 aliphatic heterocycles. The molecular formula is C20H29N7. The highest BCUT2D eigenvalue weighted by Gasteiger charge is 2.43. The molecule has 2 atom stereocenters. The van der Waals surface area contributed by atoms with Gasteiger partial charge in [-0.25, -0.2) is 4.99 Å². The lowest BCUT2D eigenvalue weighted by atomic mass is 9.74. The SMILES string of the molecule is C[C@@H](C1CCCCC1)C1(N)N=C(Nc2cc(C3CC3)[nH]n2)Nn2cccc21. The highest BCUT2D eigenvalue weighted by atomic mass is 15.5. The largest absolute Gasteiger partial charge is 0.308 e. The Labute approximate surface area is 159 Å². The summed E-state index contributed by atoms with van der Waals surface area (Å²) in [7, 11) is 0. The van der Waals surface area contributed by atoms with Crippen LogP contribution < -0.4 is 16.5 Å². The van der Waals surface area contributed by atoms with Gasteiger partial charge in [0.05, 0.1) is 5.69 Å². The van der Waals surface area contributed by atoms with Gasteiger partial charge in [-0.2, -0.15) is 5.10 Å². The molecule has 7 heteroatoms. The van der Waals surface area contributed by atoms with Gasteiger partial charge in [0, 0.05) is 29.8 Å². The first-order valence-electron chi connectivity index (χ1n) is 10.3. The van der Waals surface area contributed by atoms with Crippen LogP contribution in [0.25, 0.3) is 0 Å². The van der Waals surface area contributed by atoms with Crippen LogP contribution in [0.3, 0.4) is 0 Å². The Hall–Kier alpha value is -2.28. The molecule has 1 unspecified atom stereocenters. The van der Waals surface area contributed by atoms with Crippen LogP contribution in [0.1, 0.15) is 69.2 Å². The zero-order chi connectivity index (χ0) is 18.4. The number of hydrogen-bond donors (Lipinski definition) is 4. The van der Waals surface area contributed by atoms with Crippen molar-refractivity contribution in [3.63, 3.8) is 0 Å². The summed E-state index contributed by atoms with van der Waals surface area (Å²) < 4.78 is 1.99. The van der Waals surface area contributed by atoms with Gasteiger partial charge in [0.15, 0.2) is 11.5 Å². The van der Waals surface area contributed by atoms with E-state index in [4.69, 9.17) is 10.7 Å². The molecule has 0 bridgehead atoms. The second-order valence-corrected chi connectivity index (χ2v) is 8.46. The highest BCUT2D eigenvalue weighted by molar-refractivity contribution is 5.99. The molecule has 2 saturated carbocycles. The van der Waals surface area contributed by atoms with Gasteiger partial charge in [0.25, 0.3) is 0 Å². The minimum atomic E-state index is -0.741. The smallest absolute Gasteiger partial charge is 0.218 e. The molecule has 2 aliphatic carbocycles. The van der Waals surface area contributed by atoms with Crippen LogP contribution in [-0.2, 0) is 5.66 Å². The molecule has 0 amide bonds. The van der Waals surface area contributed by atoms with Gasteiger partial charge in [-0.1, -0.05) is 39.0 Å². The van der Waals surface area contributed by atoms with Crippen LogP contribution in [0.2, 0.25) is 0 Å². The summed E-state index contributed by atoms with van der Waals surface area (Å²) in [5.41, 5.74) is 11.8. The lowest BCUT2D eigenvalue weighted by Gasteiger charge is -2.41. The molecule has 0 saturated heterocycles. The van der Waals surface area contributed by atoms with E-state index in [1.54, 1.807) is 0 Å². The summed E-state index contributed by atoms with van der Waals surface area (Å²) >= 11 is 0. The Bertz CT molecular complexity index is 840. The van der Waals surface area contributed by atoms with Crippen molar-refractivity contribution in [1.82, 2.24) is 14.9 Å². The highest BCUT2D eigenvalue weighted by Crippen LogP contribution is 2.41. The topological polar surface area (TPSA) is 96.0 Å². The zero-order valence-corrected chi connectivity index (χ0v) is 15.9. The van der Waals surface area contributed by atoms with E-state index in [1.807, 2.05) is 16.9 Å². The Morgan fingerprint density at radius 3 is 2.85 bits per heavy atom. The molecule has 0 radical (unpaired) electrons. The van der Waals surface area contributed by atoms with Crippen LogP contribution in [-0.4, -0.2) is 20.8 Å². The van der Waals surface area contributed by atoms with Gasteiger partial charge in [-0.3, -0.25) is 15.2 Å².